The first kappa shape index (κ1) is 18.1. The SMILES string of the molecule is CCNCCOCCOCCOC(=O)NCC(C)C. The van der Waals surface area contributed by atoms with Gasteiger partial charge in [0.2, 0.25) is 0 Å². The van der Waals surface area contributed by atoms with Crippen LogP contribution in [0, 0.1) is 5.92 Å². The second-order valence-electron chi connectivity index (χ2n) is 4.49. The van der Waals surface area contributed by atoms with Crippen molar-refractivity contribution in [3.05, 3.63) is 0 Å². The molecule has 6 heteroatoms. The second kappa shape index (κ2) is 13.6. The summed E-state index contributed by atoms with van der Waals surface area (Å²) in [4.78, 5) is 11.2. The molecule has 6 nitrogen and oxygen atoms in total. The summed E-state index contributed by atoms with van der Waals surface area (Å²) in [6.07, 6.45) is -0.390. The van der Waals surface area contributed by atoms with Crippen molar-refractivity contribution in [2.75, 3.05) is 52.7 Å². The monoisotopic (exact) mass is 276 g/mol. The number of hydrogen-bond acceptors (Lipinski definition) is 5. The highest BCUT2D eigenvalue weighted by Crippen LogP contribution is 1.88. The molecule has 0 atom stereocenters. The molecule has 0 bridgehead atoms. The molecule has 0 unspecified atom stereocenters. The summed E-state index contributed by atoms with van der Waals surface area (Å²) in [7, 11) is 0. The lowest BCUT2D eigenvalue weighted by Crippen LogP contribution is -2.29. The Morgan fingerprint density at radius 3 is 2.32 bits per heavy atom. The lowest BCUT2D eigenvalue weighted by atomic mass is 10.2. The number of amides is 1. The third-order valence-electron chi connectivity index (χ3n) is 2.16. The molecule has 0 heterocycles. The molecule has 0 aliphatic carbocycles. The van der Waals surface area contributed by atoms with Gasteiger partial charge >= 0.3 is 6.09 Å². The van der Waals surface area contributed by atoms with Gasteiger partial charge in [0.05, 0.1) is 26.4 Å². The highest BCUT2D eigenvalue weighted by molar-refractivity contribution is 5.67. The Bertz CT molecular complexity index is 213. The van der Waals surface area contributed by atoms with Crippen molar-refractivity contribution in [3.8, 4) is 0 Å². The van der Waals surface area contributed by atoms with Crippen molar-refractivity contribution >= 4 is 6.09 Å². The van der Waals surface area contributed by atoms with Crippen LogP contribution in [-0.4, -0.2) is 58.8 Å². The molecular weight excluding hydrogens is 248 g/mol. The van der Waals surface area contributed by atoms with Crippen LogP contribution >= 0.6 is 0 Å². The van der Waals surface area contributed by atoms with Gasteiger partial charge in [-0.25, -0.2) is 4.79 Å². The van der Waals surface area contributed by atoms with Gasteiger partial charge in [-0.2, -0.15) is 0 Å². The van der Waals surface area contributed by atoms with Gasteiger partial charge < -0.3 is 24.8 Å². The molecule has 0 aromatic rings. The predicted molar refractivity (Wildman–Crippen MR) is 74.4 cm³/mol. The van der Waals surface area contributed by atoms with Crippen molar-refractivity contribution in [2.45, 2.75) is 20.8 Å². The van der Waals surface area contributed by atoms with E-state index >= 15 is 0 Å². The van der Waals surface area contributed by atoms with E-state index < -0.39 is 0 Å². The zero-order valence-corrected chi connectivity index (χ0v) is 12.4. The van der Waals surface area contributed by atoms with E-state index in [1.165, 1.54) is 0 Å². The predicted octanol–water partition coefficient (Wildman–Crippen LogP) is 1.01. The Balaban J connectivity index is 3.11. The number of ether oxygens (including phenoxy) is 3. The third-order valence-corrected chi connectivity index (χ3v) is 2.16. The summed E-state index contributed by atoms with van der Waals surface area (Å²) >= 11 is 0. The average Bonchev–Trinajstić information content (AvgIpc) is 2.38. The molecule has 0 aliphatic heterocycles. The topological polar surface area (TPSA) is 68.8 Å². The van der Waals surface area contributed by atoms with E-state index in [1.807, 2.05) is 13.8 Å². The fourth-order valence-electron chi connectivity index (χ4n) is 1.17. The Kier molecular flexibility index (Phi) is 13.0. The smallest absolute Gasteiger partial charge is 0.407 e. The molecule has 114 valence electrons. The molecule has 0 radical (unpaired) electrons. The minimum atomic E-state index is -0.390. The van der Waals surface area contributed by atoms with Crippen LogP contribution < -0.4 is 10.6 Å². The summed E-state index contributed by atoms with van der Waals surface area (Å²) in [6.45, 7) is 11.0. The molecule has 0 aromatic heterocycles. The number of hydrogen-bond donors (Lipinski definition) is 2. The largest absolute Gasteiger partial charge is 0.447 e. The first-order valence-corrected chi connectivity index (χ1v) is 6.93. The molecule has 19 heavy (non-hydrogen) atoms. The summed E-state index contributed by atoms with van der Waals surface area (Å²) in [6, 6.07) is 0. The molecule has 2 N–H and O–H groups in total. The third kappa shape index (κ3) is 15.1. The van der Waals surface area contributed by atoms with E-state index in [0.717, 1.165) is 13.1 Å². The molecular formula is C13H28N2O4. The van der Waals surface area contributed by atoms with Crippen LogP contribution in [0.25, 0.3) is 0 Å². The molecule has 0 rings (SSSR count). The van der Waals surface area contributed by atoms with E-state index in [-0.39, 0.29) is 12.7 Å². The van der Waals surface area contributed by atoms with Crippen molar-refractivity contribution in [3.63, 3.8) is 0 Å². The van der Waals surface area contributed by atoms with Gasteiger partial charge in [-0.15, -0.1) is 0 Å². The van der Waals surface area contributed by atoms with Crippen LogP contribution in [0.1, 0.15) is 20.8 Å². The highest BCUT2D eigenvalue weighted by atomic mass is 16.6. The Morgan fingerprint density at radius 1 is 1.05 bits per heavy atom. The number of carbonyl (C=O) groups excluding carboxylic acids is 1. The first-order valence-electron chi connectivity index (χ1n) is 6.93. The van der Waals surface area contributed by atoms with Crippen molar-refractivity contribution in [2.24, 2.45) is 5.92 Å². The fourth-order valence-corrected chi connectivity index (χ4v) is 1.17. The van der Waals surface area contributed by atoms with Gasteiger partial charge in [0.25, 0.3) is 0 Å². The summed E-state index contributed by atoms with van der Waals surface area (Å²) in [5, 5.41) is 5.83. The zero-order valence-electron chi connectivity index (χ0n) is 12.4. The van der Waals surface area contributed by atoms with Crippen LogP contribution in [-0.2, 0) is 14.2 Å². The zero-order chi connectivity index (χ0) is 14.3. The maximum Gasteiger partial charge on any atom is 0.407 e. The standard InChI is InChI=1S/C13H28N2O4/c1-4-14-5-6-17-7-8-18-9-10-19-13(16)15-11-12(2)3/h12,14H,4-11H2,1-3H3,(H,15,16). The Morgan fingerprint density at radius 2 is 1.68 bits per heavy atom. The number of carbonyl (C=O) groups is 1. The molecule has 0 fully saturated rings. The van der Waals surface area contributed by atoms with E-state index in [0.29, 0.717) is 38.9 Å². The van der Waals surface area contributed by atoms with Gasteiger partial charge in [0, 0.05) is 13.1 Å². The highest BCUT2D eigenvalue weighted by Gasteiger charge is 2.02. The van der Waals surface area contributed by atoms with Gasteiger partial charge in [0.15, 0.2) is 0 Å². The van der Waals surface area contributed by atoms with Gasteiger partial charge in [-0.05, 0) is 12.5 Å². The van der Waals surface area contributed by atoms with E-state index in [2.05, 4.69) is 17.6 Å². The average molecular weight is 276 g/mol. The summed E-state index contributed by atoms with van der Waals surface area (Å²) < 4.78 is 15.5. The van der Waals surface area contributed by atoms with Crippen LogP contribution in [0.5, 0.6) is 0 Å². The minimum absolute atomic E-state index is 0.265. The van der Waals surface area contributed by atoms with Crippen LogP contribution in [0.2, 0.25) is 0 Å². The number of likely N-dealkylation sites (N-methyl/N-ethyl adjacent to an activating group) is 1. The second-order valence-corrected chi connectivity index (χ2v) is 4.49. The van der Waals surface area contributed by atoms with E-state index in [1.54, 1.807) is 0 Å². The van der Waals surface area contributed by atoms with E-state index in [4.69, 9.17) is 14.2 Å². The lowest BCUT2D eigenvalue weighted by molar-refractivity contribution is 0.0289. The minimum Gasteiger partial charge on any atom is -0.447 e. The van der Waals surface area contributed by atoms with Crippen LogP contribution in [0.15, 0.2) is 0 Å². The summed E-state index contributed by atoms with van der Waals surface area (Å²) in [5.74, 6) is 0.420. The molecule has 0 saturated heterocycles. The van der Waals surface area contributed by atoms with Crippen molar-refractivity contribution in [1.29, 1.82) is 0 Å². The maximum absolute atomic E-state index is 11.2. The molecule has 0 spiro atoms. The van der Waals surface area contributed by atoms with Gasteiger partial charge in [-0.1, -0.05) is 20.8 Å². The molecule has 0 saturated carbocycles. The Labute approximate surface area is 116 Å². The first-order chi connectivity index (χ1) is 9.16. The van der Waals surface area contributed by atoms with Crippen molar-refractivity contribution < 1.29 is 19.0 Å². The quantitative estimate of drug-likeness (QED) is 0.521. The number of alkyl carbamates (subject to hydrolysis) is 1. The van der Waals surface area contributed by atoms with Crippen molar-refractivity contribution in [1.82, 2.24) is 10.6 Å². The number of nitrogens with one attached hydrogen (secondary N) is 2. The van der Waals surface area contributed by atoms with Gasteiger partial charge in [0.1, 0.15) is 6.61 Å². The molecule has 0 aliphatic rings. The number of rotatable bonds is 12. The fraction of sp³-hybridized carbons (Fsp3) is 0.923. The normalized spacial score (nSPS) is 10.7. The van der Waals surface area contributed by atoms with Gasteiger partial charge in [-0.3, -0.25) is 0 Å². The van der Waals surface area contributed by atoms with Crippen LogP contribution in [0.4, 0.5) is 4.79 Å². The lowest BCUT2D eigenvalue weighted by Gasteiger charge is -2.09. The summed E-state index contributed by atoms with van der Waals surface area (Å²) in [5.41, 5.74) is 0. The Hall–Kier alpha value is -0.850. The van der Waals surface area contributed by atoms with Crippen LogP contribution in [0.3, 0.4) is 0 Å². The van der Waals surface area contributed by atoms with E-state index in [9.17, 15) is 4.79 Å². The maximum atomic E-state index is 11.2. The molecule has 0 aromatic carbocycles. The molecule has 1 amide bonds.